The molecular formula is C23H17ClF8N2O2. The monoisotopic (exact) mass is 540 g/mol. The highest BCUT2D eigenvalue weighted by Gasteiger charge is 2.64. The molecule has 2 aromatic carbocycles. The van der Waals surface area contributed by atoms with E-state index < -0.39 is 58.4 Å². The van der Waals surface area contributed by atoms with Crippen LogP contribution in [0.25, 0.3) is 0 Å². The summed E-state index contributed by atoms with van der Waals surface area (Å²) in [6.07, 6.45) is -12.2. The third-order valence-electron chi connectivity index (χ3n) is 6.20. The van der Waals surface area contributed by atoms with Crippen LogP contribution in [0.4, 0.5) is 35.1 Å². The number of nitrogens with one attached hydrogen (secondary N) is 1. The maximum absolute atomic E-state index is 14.7. The Balaban J connectivity index is 1.65. The summed E-state index contributed by atoms with van der Waals surface area (Å²) in [4.78, 5) is 17.1. The Kier molecular flexibility index (Phi) is 6.47. The minimum Gasteiger partial charge on any atom is -0.374 e. The van der Waals surface area contributed by atoms with Gasteiger partial charge in [0.15, 0.2) is 0 Å². The van der Waals surface area contributed by atoms with Gasteiger partial charge in [0, 0.05) is 17.2 Å². The van der Waals surface area contributed by atoms with E-state index in [1.807, 2.05) is 0 Å². The van der Waals surface area contributed by atoms with Gasteiger partial charge in [-0.3, -0.25) is 4.79 Å². The molecule has 0 radical (unpaired) electrons. The van der Waals surface area contributed by atoms with Crippen molar-refractivity contribution in [1.82, 2.24) is 5.32 Å². The summed E-state index contributed by atoms with van der Waals surface area (Å²) >= 11 is 5.50. The number of halogens is 9. The van der Waals surface area contributed by atoms with Crippen molar-refractivity contribution >= 4 is 23.2 Å². The highest BCUT2D eigenvalue weighted by molar-refractivity contribution is 6.30. The molecule has 1 heterocycles. The van der Waals surface area contributed by atoms with Crippen LogP contribution in [0.3, 0.4) is 0 Å². The van der Waals surface area contributed by atoms with E-state index >= 15 is 0 Å². The van der Waals surface area contributed by atoms with Crippen molar-refractivity contribution in [3.8, 4) is 0 Å². The number of carbonyl (C=O) groups excluding carboxylic acids is 1. The SMILES string of the molecule is Cc1cc(C2=NO[C@](c3cc(C(F)(F)F)cc(Cl)c3F)(C(F)(F)F)C2)ccc1C(=O)NC1CC(F)C1. The van der Waals surface area contributed by atoms with Gasteiger partial charge in [0.2, 0.25) is 0 Å². The minimum atomic E-state index is -5.38. The summed E-state index contributed by atoms with van der Waals surface area (Å²) in [5, 5.41) is 4.92. The number of oxime groups is 1. The summed E-state index contributed by atoms with van der Waals surface area (Å²) < 4.78 is 110. The number of aryl methyl sites for hydroxylation is 1. The smallest absolute Gasteiger partial charge is 0.374 e. The molecule has 1 N–H and O–H groups in total. The van der Waals surface area contributed by atoms with Crippen LogP contribution in [0.5, 0.6) is 0 Å². The van der Waals surface area contributed by atoms with E-state index in [9.17, 15) is 39.9 Å². The van der Waals surface area contributed by atoms with Crippen LogP contribution >= 0.6 is 11.6 Å². The Labute approximate surface area is 204 Å². The second-order valence-corrected chi connectivity index (χ2v) is 9.12. The number of rotatable bonds is 4. The van der Waals surface area contributed by atoms with Crippen LogP contribution in [-0.2, 0) is 16.6 Å². The molecule has 0 aromatic heterocycles. The summed E-state index contributed by atoms with van der Waals surface area (Å²) in [7, 11) is 0. The minimum absolute atomic E-state index is 0.00821. The van der Waals surface area contributed by atoms with Gasteiger partial charge in [0.1, 0.15) is 12.0 Å². The van der Waals surface area contributed by atoms with Crippen LogP contribution in [0, 0.1) is 12.7 Å². The Morgan fingerprint density at radius 2 is 1.81 bits per heavy atom. The molecule has 13 heteroatoms. The Morgan fingerprint density at radius 1 is 1.14 bits per heavy atom. The van der Waals surface area contributed by atoms with Gasteiger partial charge in [-0.05, 0) is 55.2 Å². The number of hydrogen-bond acceptors (Lipinski definition) is 3. The summed E-state index contributed by atoms with van der Waals surface area (Å²) in [5.74, 6) is -2.21. The Hall–Kier alpha value is -2.89. The molecule has 4 rings (SSSR count). The summed E-state index contributed by atoms with van der Waals surface area (Å²) in [5.41, 5.74) is -6.29. The topological polar surface area (TPSA) is 50.7 Å². The molecule has 36 heavy (non-hydrogen) atoms. The normalized spacial score (nSPS) is 24.1. The van der Waals surface area contributed by atoms with Crippen molar-refractivity contribution in [2.24, 2.45) is 5.16 Å². The maximum Gasteiger partial charge on any atom is 0.435 e. The molecule has 2 aromatic rings. The van der Waals surface area contributed by atoms with Crippen LogP contribution < -0.4 is 5.32 Å². The molecule has 0 spiro atoms. The predicted molar refractivity (Wildman–Crippen MR) is 113 cm³/mol. The van der Waals surface area contributed by atoms with Crippen LogP contribution in [0.2, 0.25) is 5.02 Å². The number of hydrogen-bond donors (Lipinski definition) is 1. The van der Waals surface area contributed by atoms with E-state index in [1.54, 1.807) is 0 Å². The molecule has 194 valence electrons. The fraction of sp³-hybridized carbons (Fsp3) is 0.391. The van der Waals surface area contributed by atoms with Gasteiger partial charge in [-0.25, -0.2) is 8.78 Å². The van der Waals surface area contributed by atoms with Crippen LogP contribution in [-0.4, -0.2) is 30.0 Å². The van der Waals surface area contributed by atoms with E-state index in [4.69, 9.17) is 11.6 Å². The summed E-state index contributed by atoms with van der Waals surface area (Å²) in [6, 6.07) is 3.83. The largest absolute Gasteiger partial charge is 0.435 e. The van der Waals surface area contributed by atoms with Crippen molar-refractivity contribution in [3.63, 3.8) is 0 Å². The zero-order chi connectivity index (χ0) is 26.6. The molecule has 2 aliphatic rings. The van der Waals surface area contributed by atoms with E-state index in [2.05, 4.69) is 15.3 Å². The van der Waals surface area contributed by atoms with Gasteiger partial charge in [-0.1, -0.05) is 22.8 Å². The molecule has 0 saturated heterocycles. The molecule has 1 aliphatic heterocycles. The first-order valence-electron chi connectivity index (χ1n) is 10.6. The molecule has 4 nitrogen and oxygen atoms in total. The van der Waals surface area contributed by atoms with Crippen molar-refractivity contribution < 1.29 is 44.8 Å². The summed E-state index contributed by atoms with van der Waals surface area (Å²) in [6.45, 7) is 1.51. The van der Waals surface area contributed by atoms with Crippen molar-refractivity contribution in [2.75, 3.05) is 0 Å². The van der Waals surface area contributed by atoms with Gasteiger partial charge in [0.05, 0.1) is 22.7 Å². The zero-order valence-electron chi connectivity index (χ0n) is 18.3. The van der Waals surface area contributed by atoms with Crippen molar-refractivity contribution in [2.45, 2.75) is 56.4 Å². The molecule has 1 amide bonds. The predicted octanol–water partition coefficient (Wildman–Crippen LogP) is 6.62. The van der Waals surface area contributed by atoms with Gasteiger partial charge in [-0.2, -0.15) is 26.3 Å². The lowest BCUT2D eigenvalue weighted by Crippen LogP contribution is -2.45. The molecule has 0 bridgehead atoms. The molecular weight excluding hydrogens is 524 g/mol. The average molecular weight is 541 g/mol. The van der Waals surface area contributed by atoms with Crippen molar-refractivity contribution in [1.29, 1.82) is 0 Å². The van der Waals surface area contributed by atoms with E-state index in [0.717, 1.165) is 0 Å². The van der Waals surface area contributed by atoms with Gasteiger partial charge in [-0.15, -0.1) is 0 Å². The molecule has 1 saturated carbocycles. The number of alkyl halides is 7. The highest BCUT2D eigenvalue weighted by Crippen LogP contribution is 2.51. The third-order valence-corrected chi connectivity index (χ3v) is 6.47. The van der Waals surface area contributed by atoms with E-state index in [0.29, 0.717) is 5.56 Å². The zero-order valence-corrected chi connectivity index (χ0v) is 19.1. The maximum atomic E-state index is 14.7. The third kappa shape index (κ3) is 4.62. The number of benzene rings is 2. The second kappa shape index (κ2) is 8.89. The number of carbonyl (C=O) groups is 1. The second-order valence-electron chi connectivity index (χ2n) is 8.72. The first kappa shape index (κ1) is 26.2. The molecule has 1 fully saturated rings. The van der Waals surface area contributed by atoms with Gasteiger partial charge < -0.3 is 10.2 Å². The van der Waals surface area contributed by atoms with Crippen LogP contribution in [0.1, 0.15) is 51.9 Å². The number of amides is 1. The van der Waals surface area contributed by atoms with Gasteiger partial charge in [0.25, 0.3) is 11.5 Å². The highest BCUT2D eigenvalue weighted by atomic mass is 35.5. The Morgan fingerprint density at radius 3 is 2.36 bits per heavy atom. The van der Waals surface area contributed by atoms with Crippen molar-refractivity contribution in [3.05, 3.63) is 69.0 Å². The quantitative estimate of drug-likeness (QED) is 0.443. The number of nitrogens with zero attached hydrogens (tertiary/aromatic N) is 1. The lowest BCUT2D eigenvalue weighted by Gasteiger charge is -2.30. The average Bonchev–Trinajstić information content (AvgIpc) is 3.20. The standard InChI is InChI=1S/C23H17ClF8N2O2/c1-10-4-11(2-3-15(10)20(35)33-14-7-13(25)8-14)18-9-21(36-34-18,23(30,31)32)16-5-12(22(27,28)29)6-17(24)19(16)26/h2-6,13-14H,7-9H2,1H3,(H,33,35)/t13?,14?,21-/m1/s1. The molecule has 1 atom stereocenters. The lowest BCUT2D eigenvalue weighted by molar-refractivity contribution is -0.276. The molecule has 0 unspecified atom stereocenters. The van der Waals surface area contributed by atoms with Gasteiger partial charge >= 0.3 is 12.4 Å². The molecule has 1 aliphatic carbocycles. The lowest BCUT2D eigenvalue weighted by atomic mass is 9.85. The Bertz CT molecular complexity index is 1240. The first-order chi connectivity index (χ1) is 16.6. The fourth-order valence-corrected chi connectivity index (χ4v) is 4.33. The van der Waals surface area contributed by atoms with E-state index in [-0.39, 0.29) is 47.9 Å². The van der Waals surface area contributed by atoms with E-state index in [1.165, 1.54) is 25.1 Å². The first-order valence-corrected chi connectivity index (χ1v) is 10.9. The van der Waals surface area contributed by atoms with Crippen LogP contribution in [0.15, 0.2) is 35.5 Å². The fourth-order valence-electron chi connectivity index (χ4n) is 4.11.